The summed E-state index contributed by atoms with van der Waals surface area (Å²) < 4.78 is 63.9. The number of phosphoric ester groups is 1. The lowest BCUT2D eigenvalue weighted by atomic mass is 9.83. The summed E-state index contributed by atoms with van der Waals surface area (Å²) in [5, 5.41) is 22.4. The number of aromatic amines is 1. The Hall–Kier alpha value is -2.87. The molecule has 0 radical (unpaired) electrons. The maximum absolute atomic E-state index is 12.7. The first-order chi connectivity index (χ1) is 22.0. The number of aromatic nitrogens is 2. The fourth-order valence-corrected chi connectivity index (χ4v) is 7.66. The number of benzene rings is 1. The van der Waals surface area contributed by atoms with Gasteiger partial charge in [0, 0.05) is 24.2 Å². The standard InChI is InChI=1S/C24H34N3O18P3/c1-6-13-7-16(27(31)32)15(8-18(13)40-5)21(24(2,3)4)41-11-14-10-26(23(30)25-22(14)29)20-9-17(28)19(43-20)12-42-47(36,37)45-48(38,39)44-46(33,34)35/h6-8,10,17,19-21,28H,1,9,11-12H2,2-5H3,(H,36,37)(H,38,39)(H,25,29,30)(H2,33,34,35)/t17-,19-,20-,21-/m1/s1. The molecule has 268 valence electrons. The number of methoxy groups -OCH3 is 1. The van der Waals surface area contributed by atoms with E-state index < -0.39 is 82.8 Å². The highest BCUT2D eigenvalue weighted by Crippen LogP contribution is 2.66. The Morgan fingerprint density at radius 1 is 1.17 bits per heavy atom. The number of nitro groups is 1. The van der Waals surface area contributed by atoms with Gasteiger partial charge in [0.2, 0.25) is 0 Å². The van der Waals surface area contributed by atoms with Gasteiger partial charge in [0.25, 0.3) is 11.2 Å². The van der Waals surface area contributed by atoms with Crippen molar-refractivity contribution < 1.29 is 70.7 Å². The van der Waals surface area contributed by atoms with Gasteiger partial charge in [0.05, 0.1) is 48.6 Å². The highest BCUT2D eigenvalue weighted by atomic mass is 31.3. The summed E-state index contributed by atoms with van der Waals surface area (Å²) in [7, 11) is -15.6. The van der Waals surface area contributed by atoms with Gasteiger partial charge in [-0.1, -0.05) is 33.4 Å². The summed E-state index contributed by atoms with van der Waals surface area (Å²) in [5.74, 6) is 0.286. The monoisotopic (exact) mass is 745 g/mol. The molecule has 0 aliphatic carbocycles. The summed E-state index contributed by atoms with van der Waals surface area (Å²) in [6.07, 6.45) is -3.10. The summed E-state index contributed by atoms with van der Waals surface area (Å²) >= 11 is 0. The van der Waals surface area contributed by atoms with Crippen LogP contribution in [0.2, 0.25) is 0 Å². The third-order valence-electron chi connectivity index (χ3n) is 6.64. The Morgan fingerprint density at radius 2 is 1.81 bits per heavy atom. The second-order valence-corrected chi connectivity index (χ2v) is 15.7. The Kier molecular flexibility index (Phi) is 12.3. The minimum atomic E-state index is -5.79. The molecular formula is C24H34N3O18P3. The summed E-state index contributed by atoms with van der Waals surface area (Å²) in [5.41, 5.74) is -2.54. The van der Waals surface area contributed by atoms with Gasteiger partial charge >= 0.3 is 29.2 Å². The molecule has 48 heavy (non-hydrogen) atoms. The molecular weight excluding hydrogens is 711 g/mol. The van der Waals surface area contributed by atoms with Crippen LogP contribution in [0.25, 0.3) is 6.08 Å². The van der Waals surface area contributed by atoms with Gasteiger partial charge in [-0.2, -0.15) is 8.62 Å². The van der Waals surface area contributed by atoms with E-state index in [1.54, 1.807) is 20.8 Å². The molecule has 2 aromatic rings. The lowest BCUT2D eigenvalue weighted by Gasteiger charge is -2.31. The average Bonchev–Trinajstić information content (AvgIpc) is 3.29. The number of rotatable bonds is 15. The highest BCUT2D eigenvalue weighted by molar-refractivity contribution is 7.66. The zero-order valence-corrected chi connectivity index (χ0v) is 28.4. The van der Waals surface area contributed by atoms with E-state index in [0.717, 1.165) is 10.8 Å². The molecule has 1 saturated heterocycles. The molecule has 0 amide bonds. The number of ether oxygens (including phenoxy) is 3. The molecule has 1 aliphatic heterocycles. The SMILES string of the molecule is C=Cc1cc([N+](=O)[O-])c([C@@H](OCc2cn([C@H]3C[C@@H](O)[C@@H](COP(=O)(O)OP(=O)(O)OP(=O)(O)O)O3)c(=O)[nH]c2=O)C(C)(C)C)cc1OC. The van der Waals surface area contributed by atoms with Crippen LogP contribution in [0.15, 0.2) is 34.5 Å². The maximum atomic E-state index is 12.7. The molecule has 2 heterocycles. The molecule has 0 bridgehead atoms. The Labute approximate surface area is 271 Å². The molecule has 6 atom stereocenters. The number of nitro benzene ring substituents is 1. The number of H-pyrrole nitrogens is 1. The quantitative estimate of drug-likeness (QED) is 0.0866. The van der Waals surface area contributed by atoms with Crippen molar-refractivity contribution in [1.29, 1.82) is 0 Å². The molecule has 21 nitrogen and oxygen atoms in total. The largest absolute Gasteiger partial charge is 0.496 e. The molecule has 1 aromatic carbocycles. The van der Waals surface area contributed by atoms with Gasteiger partial charge in [-0.3, -0.25) is 29.0 Å². The number of nitrogens with one attached hydrogen (secondary N) is 1. The topological polar surface area (TPSA) is 306 Å². The van der Waals surface area contributed by atoms with E-state index in [1.165, 1.54) is 25.3 Å². The van der Waals surface area contributed by atoms with Gasteiger partial charge < -0.3 is 38.9 Å². The number of phosphoric acid groups is 3. The highest BCUT2D eigenvalue weighted by Gasteiger charge is 2.43. The van der Waals surface area contributed by atoms with Crippen LogP contribution >= 0.6 is 23.5 Å². The van der Waals surface area contributed by atoms with E-state index in [-0.39, 0.29) is 29.0 Å². The molecule has 1 aliphatic rings. The fourth-order valence-electron chi connectivity index (χ4n) is 4.63. The first-order valence-corrected chi connectivity index (χ1v) is 18.1. The van der Waals surface area contributed by atoms with Gasteiger partial charge in [-0.25, -0.2) is 18.5 Å². The molecule has 1 fully saturated rings. The molecule has 0 spiro atoms. The Morgan fingerprint density at radius 3 is 2.35 bits per heavy atom. The van der Waals surface area contributed by atoms with Crippen molar-refractivity contribution in [3.05, 3.63) is 72.6 Å². The Bertz CT molecular complexity index is 1800. The van der Waals surface area contributed by atoms with Crippen molar-refractivity contribution in [2.75, 3.05) is 13.7 Å². The van der Waals surface area contributed by atoms with Crippen molar-refractivity contribution in [2.45, 2.75) is 58.3 Å². The van der Waals surface area contributed by atoms with Crippen molar-refractivity contribution in [1.82, 2.24) is 9.55 Å². The maximum Gasteiger partial charge on any atom is 0.490 e. The average molecular weight is 745 g/mol. The third kappa shape index (κ3) is 10.3. The van der Waals surface area contributed by atoms with Gasteiger partial charge in [-0.05, 0) is 11.5 Å². The molecule has 6 N–H and O–H groups in total. The van der Waals surface area contributed by atoms with Crippen molar-refractivity contribution in [3.8, 4) is 5.75 Å². The van der Waals surface area contributed by atoms with Crippen LogP contribution in [-0.2, 0) is 42.9 Å². The summed E-state index contributed by atoms with van der Waals surface area (Å²) in [6.45, 7) is 7.42. The van der Waals surface area contributed by atoms with E-state index in [9.17, 15) is 48.3 Å². The third-order valence-corrected chi connectivity index (χ3v) is 10.4. The van der Waals surface area contributed by atoms with E-state index in [1.807, 2.05) is 0 Å². The smallest absolute Gasteiger partial charge is 0.490 e. The number of hydrogen-bond acceptors (Lipinski definition) is 14. The predicted molar refractivity (Wildman–Crippen MR) is 162 cm³/mol. The zero-order chi connectivity index (χ0) is 36.4. The normalized spacial score (nSPS) is 21.6. The van der Waals surface area contributed by atoms with Crippen LogP contribution in [0.3, 0.4) is 0 Å². The minimum absolute atomic E-state index is 0.129. The predicted octanol–water partition coefficient (Wildman–Crippen LogP) is 2.39. The lowest BCUT2D eigenvalue weighted by Crippen LogP contribution is -2.35. The number of aliphatic hydroxyl groups excluding tert-OH is 1. The van der Waals surface area contributed by atoms with Crippen molar-refractivity contribution in [2.24, 2.45) is 5.41 Å². The van der Waals surface area contributed by atoms with E-state index >= 15 is 0 Å². The van der Waals surface area contributed by atoms with Crippen LogP contribution in [0, 0.1) is 15.5 Å². The van der Waals surface area contributed by atoms with Crippen LogP contribution in [0.1, 0.15) is 56.2 Å². The number of hydrogen-bond donors (Lipinski definition) is 6. The molecule has 2 unspecified atom stereocenters. The van der Waals surface area contributed by atoms with E-state index in [4.69, 9.17) is 24.0 Å². The summed E-state index contributed by atoms with van der Waals surface area (Å²) in [6, 6.07) is 2.71. The Balaban J connectivity index is 1.82. The molecule has 1 aromatic heterocycles. The first-order valence-electron chi connectivity index (χ1n) is 13.5. The van der Waals surface area contributed by atoms with Gasteiger partial charge in [0.15, 0.2) is 0 Å². The zero-order valence-electron chi connectivity index (χ0n) is 25.7. The molecule has 0 saturated carbocycles. The van der Waals surface area contributed by atoms with Crippen LogP contribution in [0.4, 0.5) is 5.69 Å². The van der Waals surface area contributed by atoms with Crippen LogP contribution < -0.4 is 16.0 Å². The molecule has 3 rings (SSSR count). The first kappa shape index (κ1) is 39.6. The van der Waals surface area contributed by atoms with Gasteiger partial charge in [0.1, 0.15) is 18.1 Å². The summed E-state index contributed by atoms with van der Waals surface area (Å²) in [4.78, 5) is 75.1. The number of nitrogens with zero attached hydrogens (tertiary/aromatic N) is 2. The second kappa shape index (κ2) is 14.9. The van der Waals surface area contributed by atoms with Gasteiger partial charge in [-0.15, -0.1) is 0 Å². The van der Waals surface area contributed by atoms with Crippen LogP contribution in [0.5, 0.6) is 5.75 Å². The van der Waals surface area contributed by atoms with Crippen LogP contribution in [-0.4, -0.2) is 65.1 Å². The van der Waals surface area contributed by atoms with E-state index in [2.05, 4.69) is 24.7 Å². The fraction of sp³-hybridized carbons (Fsp3) is 0.500. The van der Waals surface area contributed by atoms with E-state index in [0.29, 0.717) is 5.56 Å². The molecule has 24 heteroatoms. The van der Waals surface area contributed by atoms with Crippen molar-refractivity contribution >= 4 is 35.2 Å². The van der Waals surface area contributed by atoms with Crippen molar-refractivity contribution in [3.63, 3.8) is 0 Å². The number of aliphatic hydroxyl groups is 1. The second-order valence-electron chi connectivity index (χ2n) is 11.3. The minimum Gasteiger partial charge on any atom is -0.496 e. The lowest BCUT2D eigenvalue weighted by molar-refractivity contribution is -0.386.